The molecule has 1 spiro atoms. The topological polar surface area (TPSA) is 141 Å². The number of hydrogen-bond donors (Lipinski definition) is 5. The number of carbonyl (C=O) groups excluding carboxylic acids is 1. The van der Waals surface area contributed by atoms with E-state index in [0.29, 0.717) is 17.7 Å². The summed E-state index contributed by atoms with van der Waals surface area (Å²) in [6.07, 6.45) is 2.79. The summed E-state index contributed by atoms with van der Waals surface area (Å²) in [5.41, 5.74) is 1.93. The van der Waals surface area contributed by atoms with Crippen LogP contribution in [-0.2, 0) is 32.6 Å². The third kappa shape index (κ3) is 4.18. The van der Waals surface area contributed by atoms with E-state index in [1.807, 2.05) is 19.9 Å². The molecule has 2 aromatic carbocycles. The smallest absolute Gasteiger partial charge is 0.326 e. The van der Waals surface area contributed by atoms with Gasteiger partial charge in [0.05, 0.1) is 17.1 Å². The van der Waals surface area contributed by atoms with Crippen molar-refractivity contribution in [1.29, 1.82) is 0 Å². The predicted molar refractivity (Wildman–Crippen MR) is 155 cm³/mol. The van der Waals surface area contributed by atoms with Gasteiger partial charge in [-0.05, 0) is 74.5 Å². The lowest BCUT2D eigenvalue weighted by Gasteiger charge is -2.65. The molecule has 1 amide bonds. The molecule has 1 saturated carbocycles. The van der Waals surface area contributed by atoms with Crippen LogP contribution in [0.2, 0.25) is 0 Å². The van der Waals surface area contributed by atoms with Crippen molar-refractivity contribution in [3.05, 3.63) is 53.1 Å². The predicted octanol–water partition coefficient (Wildman–Crippen LogP) is 2.33. The van der Waals surface area contributed by atoms with Crippen LogP contribution in [0.4, 0.5) is 0 Å². The molecule has 10 heteroatoms. The van der Waals surface area contributed by atoms with Crippen LogP contribution in [0.5, 0.6) is 17.2 Å². The zero-order chi connectivity index (χ0) is 30.0. The lowest BCUT2D eigenvalue weighted by Crippen LogP contribution is -2.78. The molecule has 1 saturated heterocycles. The fourth-order valence-electron chi connectivity index (χ4n) is 8.44. The highest BCUT2D eigenvalue weighted by Gasteiger charge is 2.73. The molecule has 4 aliphatic rings. The Hall–Kier alpha value is -3.34. The second-order valence-corrected chi connectivity index (χ2v) is 12.8. The van der Waals surface area contributed by atoms with Crippen molar-refractivity contribution in [1.82, 2.24) is 15.5 Å². The van der Waals surface area contributed by atoms with Gasteiger partial charge < -0.3 is 35.0 Å². The van der Waals surface area contributed by atoms with Crippen LogP contribution in [0.1, 0.15) is 49.8 Å². The molecule has 2 aliphatic carbocycles. The number of nitrogens with one attached hydrogen (secondary N) is 2. The number of piperidine rings is 1. The zero-order valence-electron chi connectivity index (χ0n) is 24.6. The second kappa shape index (κ2) is 10.4. The number of rotatable bonds is 9. The average Bonchev–Trinajstić information content (AvgIpc) is 3.32. The van der Waals surface area contributed by atoms with Gasteiger partial charge in [0.25, 0.3) is 0 Å². The molecule has 5 N–H and O–H groups in total. The van der Waals surface area contributed by atoms with Crippen molar-refractivity contribution in [2.45, 2.75) is 87.2 Å². The zero-order valence-corrected chi connectivity index (χ0v) is 24.6. The number of phenols is 2. The first-order valence-corrected chi connectivity index (χ1v) is 14.9. The number of hydrogen-bond acceptors (Lipinski definition) is 8. The number of carbonyl (C=O) groups is 2. The monoisotopic (exact) mass is 579 g/mol. The number of carboxylic acid groups (broad SMARTS) is 1. The van der Waals surface area contributed by atoms with Crippen molar-refractivity contribution < 1.29 is 34.4 Å². The van der Waals surface area contributed by atoms with Crippen LogP contribution in [0.3, 0.4) is 0 Å². The Morgan fingerprint density at radius 2 is 1.88 bits per heavy atom. The molecule has 2 bridgehead atoms. The maximum absolute atomic E-state index is 13.7. The minimum atomic E-state index is -1.13. The van der Waals surface area contributed by atoms with Crippen molar-refractivity contribution in [3.8, 4) is 17.2 Å². The van der Waals surface area contributed by atoms with Crippen LogP contribution >= 0.6 is 0 Å². The summed E-state index contributed by atoms with van der Waals surface area (Å²) in [5.74, 6) is -0.909. The fourth-order valence-corrected chi connectivity index (χ4v) is 8.44. The molecule has 42 heavy (non-hydrogen) atoms. The van der Waals surface area contributed by atoms with E-state index in [1.165, 1.54) is 17.7 Å². The maximum atomic E-state index is 13.7. The van der Waals surface area contributed by atoms with E-state index < -0.39 is 29.1 Å². The Bertz CT molecular complexity index is 1380. The summed E-state index contributed by atoms with van der Waals surface area (Å²) >= 11 is 0. The Morgan fingerprint density at radius 3 is 2.55 bits per heavy atom. The summed E-state index contributed by atoms with van der Waals surface area (Å²) in [7, 11) is 3.94. The molecular weight excluding hydrogens is 538 g/mol. The molecular formula is C32H41N3O7. The van der Waals surface area contributed by atoms with E-state index in [-0.39, 0.29) is 47.9 Å². The third-order valence-corrected chi connectivity index (χ3v) is 10.4. The van der Waals surface area contributed by atoms with Crippen LogP contribution < -0.4 is 15.4 Å². The van der Waals surface area contributed by atoms with Crippen molar-refractivity contribution in [2.75, 3.05) is 20.7 Å². The lowest BCUT2D eigenvalue weighted by molar-refractivity contribution is -0.204. The molecule has 2 aromatic rings. The number of amides is 1. The minimum absolute atomic E-state index is 0.0903. The molecule has 0 aromatic heterocycles. The molecule has 2 unspecified atom stereocenters. The summed E-state index contributed by atoms with van der Waals surface area (Å²) in [6, 6.07) is 8.15. The van der Waals surface area contributed by atoms with E-state index in [0.717, 1.165) is 31.4 Å². The van der Waals surface area contributed by atoms with E-state index in [4.69, 9.17) is 9.47 Å². The largest absolute Gasteiger partial charge is 0.508 e. The Kier molecular flexibility index (Phi) is 7.14. The molecule has 2 heterocycles. The molecule has 0 radical (unpaired) electrons. The van der Waals surface area contributed by atoms with E-state index in [2.05, 4.69) is 22.6 Å². The first-order valence-electron chi connectivity index (χ1n) is 14.9. The summed E-state index contributed by atoms with van der Waals surface area (Å²) in [5, 5.41) is 36.8. The highest BCUT2D eigenvalue weighted by Crippen LogP contribution is 2.66. The van der Waals surface area contributed by atoms with Crippen molar-refractivity contribution >= 4 is 11.9 Å². The average molecular weight is 580 g/mol. The van der Waals surface area contributed by atoms with Crippen LogP contribution in [0.15, 0.2) is 36.4 Å². The number of methoxy groups -OCH3 is 1. The number of nitrogens with zero attached hydrogens (tertiary/aromatic N) is 1. The first kappa shape index (κ1) is 28.8. The Labute approximate surface area is 246 Å². The van der Waals surface area contributed by atoms with Gasteiger partial charge in [-0.15, -0.1) is 0 Å². The molecule has 226 valence electrons. The number of likely N-dealkylation sites (N-methyl/N-ethyl adjacent to an activating group) is 1. The Morgan fingerprint density at radius 1 is 1.14 bits per heavy atom. The lowest BCUT2D eigenvalue weighted by atomic mass is 9.48. The van der Waals surface area contributed by atoms with E-state index in [1.54, 1.807) is 25.3 Å². The number of ether oxygens (including phenoxy) is 2. The number of phenolic OH excluding ortho intramolecular Hbond substituents is 2. The summed E-state index contributed by atoms with van der Waals surface area (Å²) < 4.78 is 13.2. The molecule has 10 nitrogen and oxygen atoms in total. The molecule has 2 fully saturated rings. The molecule has 7 atom stereocenters. The van der Waals surface area contributed by atoms with Crippen molar-refractivity contribution in [2.24, 2.45) is 5.92 Å². The maximum Gasteiger partial charge on any atom is 0.326 e. The van der Waals surface area contributed by atoms with Crippen LogP contribution in [0, 0.1) is 5.92 Å². The second-order valence-electron chi connectivity index (χ2n) is 12.8. The first-order chi connectivity index (χ1) is 20.0. The summed E-state index contributed by atoms with van der Waals surface area (Å²) in [4.78, 5) is 28.2. The SMILES string of the molecule is CO[C@@]12CC[C@H](N[C@H](C(=O)N[C@@H](Cc3ccc(O)cc3)C(=O)O)C(C)C)[C@@H]3Oc4c(O)ccc5c4C31CCN(C)C2C5. The van der Waals surface area contributed by atoms with Gasteiger partial charge in [0.2, 0.25) is 5.91 Å². The standard InChI is InChI=1S/C32H41N3O7/c1-17(2)26(29(38)34-22(30(39)40)15-18-5-8-20(36)9-6-18)33-21-11-12-32(41-4)24-16-19-7-10-23(37)27-25(19)31(32,28(21)42-27)13-14-35(24)3/h5-10,17,21-22,24,26,28,33,36-37H,11-16H2,1-4H3,(H,34,38)(H,39,40)/t21-,22-,24?,26-,28-,31?,32+/m0/s1. The molecule has 2 aliphatic heterocycles. The number of aliphatic carboxylic acids is 1. The summed E-state index contributed by atoms with van der Waals surface area (Å²) in [6.45, 7) is 4.74. The van der Waals surface area contributed by atoms with E-state index >= 15 is 0 Å². The van der Waals surface area contributed by atoms with Gasteiger partial charge in [0.1, 0.15) is 17.9 Å². The number of likely N-dealkylation sites (tertiary alicyclic amines) is 1. The van der Waals surface area contributed by atoms with Crippen molar-refractivity contribution in [3.63, 3.8) is 0 Å². The van der Waals surface area contributed by atoms with Crippen LogP contribution in [0.25, 0.3) is 0 Å². The fraction of sp³-hybridized carbons (Fsp3) is 0.562. The van der Waals surface area contributed by atoms with Gasteiger partial charge in [-0.25, -0.2) is 4.79 Å². The number of benzene rings is 2. The van der Waals surface area contributed by atoms with Gasteiger partial charge in [0.15, 0.2) is 11.5 Å². The number of carboxylic acids is 1. The highest BCUT2D eigenvalue weighted by atomic mass is 16.5. The molecule has 6 rings (SSSR count). The van der Waals surface area contributed by atoms with Gasteiger partial charge >= 0.3 is 5.97 Å². The van der Waals surface area contributed by atoms with Gasteiger partial charge in [-0.2, -0.15) is 0 Å². The van der Waals surface area contributed by atoms with Crippen LogP contribution in [-0.4, -0.2) is 88.7 Å². The third-order valence-electron chi connectivity index (χ3n) is 10.4. The quantitative estimate of drug-likeness (QED) is 0.303. The van der Waals surface area contributed by atoms with E-state index in [9.17, 15) is 24.9 Å². The minimum Gasteiger partial charge on any atom is -0.508 e. The van der Waals surface area contributed by atoms with Gasteiger partial charge in [0, 0.05) is 31.2 Å². The van der Waals surface area contributed by atoms with Gasteiger partial charge in [-0.3, -0.25) is 10.1 Å². The highest BCUT2D eigenvalue weighted by molar-refractivity contribution is 5.87. The van der Waals surface area contributed by atoms with Gasteiger partial charge in [-0.1, -0.05) is 32.0 Å². The number of aromatic hydroxyl groups is 2. The normalized spacial score (nSPS) is 30.7. The Balaban J connectivity index is 1.29.